The molecule has 1 saturated heterocycles. The first-order chi connectivity index (χ1) is 13.1. The van der Waals surface area contributed by atoms with Crippen molar-refractivity contribution in [2.75, 3.05) is 12.3 Å². The summed E-state index contributed by atoms with van der Waals surface area (Å²) < 4.78 is 50.8. The number of nitrogen functional groups attached to an aromatic ring is 1. The van der Waals surface area contributed by atoms with Crippen LogP contribution in [0.5, 0.6) is 0 Å². The quantitative estimate of drug-likeness (QED) is 0.193. The Bertz CT molecular complexity index is 946. The second kappa shape index (κ2) is 8.61. The van der Waals surface area contributed by atoms with Crippen LogP contribution < -0.4 is 11.4 Å². The number of nitrogens with two attached hydrogens (primary N) is 1. The third-order valence-corrected chi connectivity index (χ3v) is 7.08. The summed E-state index contributed by atoms with van der Waals surface area (Å²) in [5.41, 5.74) is 4.39. The molecular formula is C9H16N3O14P3. The number of aliphatic hydroxyl groups is 2. The molecule has 6 atom stereocenters. The molecule has 2 rings (SSSR count). The first-order valence-corrected chi connectivity index (χ1v) is 11.8. The maximum atomic E-state index is 11.8. The molecule has 1 aliphatic rings. The van der Waals surface area contributed by atoms with Crippen molar-refractivity contribution < 1.29 is 61.4 Å². The number of hydrogen-bond acceptors (Lipinski definition) is 12. The standard InChI is InChI=1S/C9H16N3O14P3/c10-5-1-2-12(9(15)11-5)8-7(14)6(13)4(24-8)3-23-28(19,20)26-29(21,22)25-27(16,17)18/h1-2,4,6-8,13-14H,3H2,(H,19,20)(H,21,22)(H2,10,11,15)(H2,16,17,18)/t4-,6-,7-,8-/m0/s1. The molecule has 166 valence electrons. The van der Waals surface area contributed by atoms with Gasteiger partial charge in [0.15, 0.2) is 6.23 Å². The van der Waals surface area contributed by atoms with E-state index >= 15 is 0 Å². The van der Waals surface area contributed by atoms with Crippen LogP contribution in [0.2, 0.25) is 0 Å². The molecular weight excluding hydrogens is 467 g/mol. The highest BCUT2D eigenvalue weighted by Gasteiger charge is 2.46. The van der Waals surface area contributed by atoms with Gasteiger partial charge < -0.3 is 40.3 Å². The Kier molecular flexibility index (Phi) is 7.20. The highest BCUT2D eigenvalue weighted by Crippen LogP contribution is 2.66. The normalized spacial score (nSPS) is 29.3. The van der Waals surface area contributed by atoms with Crippen LogP contribution in [0.25, 0.3) is 0 Å². The molecule has 20 heteroatoms. The minimum absolute atomic E-state index is 0.122. The lowest BCUT2D eigenvalue weighted by molar-refractivity contribution is -0.0541. The zero-order chi connectivity index (χ0) is 22.2. The molecule has 0 spiro atoms. The first-order valence-electron chi connectivity index (χ1n) is 7.25. The predicted octanol–water partition coefficient (Wildman–Crippen LogP) is -2.21. The van der Waals surface area contributed by atoms with E-state index in [0.29, 0.717) is 0 Å². The number of aromatic nitrogens is 2. The number of nitrogens with zero attached hydrogens (tertiary/aromatic N) is 2. The predicted molar refractivity (Wildman–Crippen MR) is 88.6 cm³/mol. The van der Waals surface area contributed by atoms with Crippen molar-refractivity contribution in [3.05, 3.63) is 22.7 Å². The zero-order valence-electron chi connectivity index (χ0n) is 13.9. The largest absolute Gasteiger partial charge is 0.490 e. The van der Waals surface area contributed by atoms with Crippen molar-refractivity contribution in [3.63, 3.8) is 0 Å². The highest BCUT2D eigenvalue weighted by molar-refractivity contribution is 7.66. The molecule has 1 fully saturated rings. The number of rotatable bonds is 8. The maximum Gasteiger partial charge on any atom is 0.490 e. The molecule has 1 aromatic heterocycles. The van der Waals surface area contributed by atoms with Crippen LogP contribution in [0, 0.1) is 0 Å². The van der Waals surface area contributed by atoms with E-state index in [9.17, 15) is 33.6 Å². The summed E-state index contributed by atoms with van der Waals surface area (Å²) in [6.45, 7) is -1.02. The van der Waals surface area contributed by atoms with Crippen molar-refractivity contribution in [3.8, 4) is 0 Å². The first kappa shape index (κ1) is 24.2. The minimum atomic E-state index is -5.71. The monoisotopic (exact) mass is 483 g/mol. The van der Waals surface area contributed by atoms with Gasteiger partial charge in [0.1, 0.15) is 24.1 Å². The maximum absolute atomic E-state index is 11.8. The second-order valence-electron chi connectivity index (χ2n) is 5.48. The van der Waals surface area contributed by atoms with E-state index in [4.69, 9.17) is 25.2 Å². The second-order valence-corrected chi connectivity index (χ2v) is 9.90. The Morgan fingerprint density at radius 2 is 1.72 bits per heavy atom. The van der Waals surface area contributed by atoms with Crippen molar-refractivity contribution in [1.82, 2.24) is 9.55 Å². The number of aliphatic hydroxyl groups excluding tert-OH is 2. The lowest BCUT2D eigenvalue weighted by Gasteiger charge is -2.19. The molecule has 0 saturated carbocycles. The van der Waals surface area contributed by atoms with E-state index in [-0.39, 0.29) is 5.82 Å². The van der Waals surface area contributed by atoms with Gasteiger partial charge in [-0.15, -0.1) is 0 Å². The van der Waals surface area contributed by atoms with Gasteiger partial charge in [-0.2, -0.15) is 13.6 Å². The summed E-state index contributed by atoms with van der Waals surface area (Å²) in [6, 6.07) is 1.20. The van der Waals surface area contributed by atoms with Gasteiger partial charge in [-0.1, -0.05) is 0 Å². The molecule has 29 heavy (non-hydrogen) atoms. The fraction of sp³-hybridized carbons (Fsp3) is 0.556. The number of anilines is 1. The Balaban J connectivity index is 2.05. The van der Waals surface area contributed by atoms with Crippen LogP contribution in [0.3, 0.4) is 0 Å². The van der Waals surface area contributed by atoms with E-state index < -0.39 is 60.3 Å². The summed E-state index contributed by atoms with van der Waals surface area (Å²) in [7, 11) is -16.7. The van der Waals surface area contributed by atoms with Crippen molar-refractivity contribution in [1.29, 1.82) is 0 Å². The summed E-state index contributed by atoms with van der Waals surface area (Å²) >= 11 is 0. The topological polar surface area (TPSA) is 270 Å². The van der Waals surface area contributed by atoms with Crippen LogP contribution >= 0.6 is 23.5 Å². The molecule has 0 bridgehead atoms. The molecule has 0 aliphatic carbocycles. The van der Waals surface area contributed by atoms with Gasteiger partial charge >= 0.3 is 29.2 Å². The van der Waals surface area contributed by atoms with E-state index in [1.165, 1.54) is 6.07 Å². The minimum Gasteiger partial charge on any atom is -0.387 e. The van der Waals surface area contributed by atoms with Gasteiger partial charge in [0.2, 0.25) is 0 Å². The summed E-state index contributed by atoms with van der Waals surface area (Å²) in [5.74, 6) is -0.122. The third-order valence-electron chi connectivity index (χ3n) is 3.28. The van der Waals surface area contributed by atoms with Gasteiger partial charge in [0, 0.05) is 6.20 Å². The van der Waals surface area contributed by atoms with Crippen molar-refractivity contribution >= 4 is 29.3 Å². The molecule has 1 aliphatic heterocycles. The van der Waals surface area contributed by atoms with Crippen molar-refractivity contribution in [2.45, 2.75) is 24.5 Å². The number of hydrogen-bond donors (Lipinski definition) is 7. The molecule has 2 unspecified atom stereocenters. The highest BCUT2D eigenvalue weighted by atomic mass is 31.3. The average Bonchev–Trinajstić information content (AvgIpc) is 2.78. The van der Waals surface area contributed by atoms with Gasteiger partial charge in [-0.25, -0.2) is 18.5 Å². The van der Waals surface area contributed by atoms with Crippen LogP contribution in [-0.4, -0.2) is 64.3 Å². The van der Waals surface area contributed by atoms with Gasteiger partial charge in [0.25, 0.3) is 0 Å². The number of phosphoric ester groups is 1. The number of ether oxygens (including phenoxy) is 1. The van der Waals surface area contributed by atoms with Crippen molar-refractivity contribution in [2.24, 2.45) is 0 Å². The fourth-order valence-electron chi connectivity index (χ4n) is 2.19. The molecule has 17 nitrogen and oxygen atoms in total. The van der Waals surface area contributed by atoms with E-state index in [0.717, 1.165) is 10.8 Å². The lowest BCUT2D eigenvalue weighted by atomic mass is 10.1. The Morgan fingerprint density at radius 1 is 1.10 bits per heavy atom. The summed E-state index contributed by atoms with van der Waals surface area (Å²) in [4.78, 5) is 50.5. The average molecular weight is 483 g/mol. The van der Waals surface area contributed by atoms with E-state index in [1.807, 2.05) is 0 Å². The molecule has 8 N–H and O–H groups in total. The Labute approximate surface area is 160 Å². The van der Waals surface area contributed by atoms with E-state index in [2.05, 4.69) is 18.1 Å². The van der Waals surface area contributed by atoms with Crippen LogP contribution in [-0.2, 0) is 31.6 Å². The molecule has 2 heterocycles. The molecule has 0 radical (unpaired) electrons. The number of phosphoric acid groups is 3. The zero-order valence-corrected chi connectivity index (χ0v) is 16.6. The smallest absolute Gasteiger partial charge is 0.387 e. The Morgan fingerprint density at radius 3 is 2.28 bits per heavy atom. The van der Waals surface area contributed by atoms with Crippen LogP contribution in [0.15, 0.2) is 17.1 Å². The van der Waals surface area contributed by atoms with Gasteiger partial charge in [-0.3, -0.25) is 9.09 Å². The summed E-state index contributed by atoms with van der Waals surface area (Å²) in [6.07, 6.45) is -5.38. The fourth-order valence-corrected chi connectivity index (χ4v) is 5.22. The molecule has 1 aromatic rings. The molecule has 0 aromatic carbocycles. The Hall–Kier alpha value is -1.03. The SMILES string of the molecule is Nc1ccn([C@H]2O[C@@H](COP(=O)(O)OP(=O)(O)OP(=O)(O)O)[C@H](O)[C@@H]2O)c(=O)n1. The van der Waals surface area contributed by atoms with Crippen LogP contribution in [0.1, 0.15) is 6.23 Å². The van der Waals surface area contributed by atoms with Gasteiger partial charge in [-0.05, 0) is 6.07 Å². The third kappa shape index (κ3) is 6.73. The lowest BCUT2D eigenvalue weighted by Crippen LogP contribution is -2.36. The molecule has 0 amide bonds. The van der Waals surface area contributed by atoms with Gasteiger partial charge in [0.05, 0.1) is 6.61 Å². The van der Waals surface area contributed by atoms with E-state index in [1.54, 1.807) is 0 Å². The van der Waals surface area contributed by atoms with Crippen LogP contribution in [0.4, 0.5) is 5.82 Å². The summed E-state index contributed by atoms with van der Waals surface area (Å²) in [5, 5.41) is 20.0.